The Hall–Kier alpha value is -1.76. The Bertz CT molecular complexity index is 625. The van der Waals surface area contributed by atoms with Crippen molar-refractivity contribution in [3.8, 4) is 0 Å². The van der Waals surface area contributed by atoms with Crippen molar-refractivity contribution < 1.29 is 9.53 Å². The van der Waals surface area contributed by atoms with Crippen LogP contribution in [0.2, 0.25) is 0 Å². The molecule has 24 heavy (non-hydrogen) atoms. The maximum Gasteiger partial charge on any atom is 0.235 e. The number of amides is 1. The van der Waals surface area contributed by atoms with Gasteiger partial charge in [-0.3, -0.25) is 9.69 Å². The number of rotatable bonds is 6. The van der Waals surface area contributed by atoms with Crippen molar-refractivity contribution in [2.75, 3.05) is 26.7 Å². The van der Waals surface area contributed by atoms with E-state index in [1.165, 1.54) is 0 Å². The third kappa shape index (κ3) is 4.41. The third-order valence-electron chi connectivity index (χ3n) is 4.37. The number of methoxy groups -OCH3 is 1. The number of carbonyl (C=O) groups excluding carboxylic acids is 1. The Morgan fingerprint density at radius 2 is 2.12 bits per heavy atom. The minimum atomic E-state index is -0.185. The number of hydrogen-bond acceptors (Lipinski definition) is 5. The summed E-state index contributed by atoms with van der Waals surface area (Å²) in [4.78, 5) is 19.1. The molecule has 0 radical (unpaired) electrons. The van der Waals surface area contributed by atoms with Gasteiger partial charge in [0.25, 0.3) is 0 Å². The fourth-order valence-corrected chi connectivity index (χ4v) is 3.74. The minimum absolute atomic E-state index is 0.0370. The van der Waals surface area contributed by atoms with Crippen molar-refractivity contribution >= 4 is 17.2 Å². The normalized spacial score (nSPS) is 17.5. The molecule has 2 heterocycles. The van der Waals surface area contributed by atoms with E-state index in [4.69, 9.17) is 4.74 Å². The number of nitrogens with zero attached hydrogens (tertiary/aromatic N) is 2. The average molecular weight is 345 g/mol. The van der Waals surface area contributed by atoms with Gasteiger partial charge in [0.15, 0.2) is 0 Å². The summed E-state index contributed by atoms with van der Waals surface area (Å²) in [7, 11) is 1.76. The zero-order valence-electron chi connectivity index (χ0n) is 13.9. The second-order valence-corrected chi connectivity index (χ2v) is 6.92. The summed E-state index contributed by atoms with van der Waals surface area (Å²) in [6.07, 6.45) is 4.07. The van der Waals surface area contributed by atoms with Gasteiger partial charge in [0.1, 0.15) is 11.0 Å². The number of piperidine rings is 1. The van der Waals surface area contributed by atoms with E-state index in [9.17, 15) is 4.79 Å². The van der Waals surface area contributed by atoms with Crippen LogP contribution in [-0.4, -0.2) is 48.6 Å². The summed E-state index contributed by atoms with van der Waals surface area (Å²) in [5.41, 5.74) is 1.05. The topological polar surface area (TPSA) is 54.5 Å². The molecule has 0 aliphatic carbocycles. The molecule has 128 valence electrons. The molecule has 6 heteroatoms. The minimum Gasteiger partial charge on any atom is -0.381 e. The Balaban J connectivity index is 1.62. The molecule has 0 saturated carbocycles. The highest BCUT2D eigenvalue weighted by Crippen LogP contribution is 2.23. The van der Waals surface area contributed by atoms with E-state index in [1.54, 1.807) is 24.6 Å². The predicted octanol–water partition coefficient (Wildman–Crippen LogP) is 2.46. The molecule has 0 unspecified atom stereocenters. The Morgan fingerprint density at radius 1 is 1.38 bits per heavy atom. The summed E-state index contributed by atoms with van der Waals surface area (Å²) in [6, 6.07) is 9.81. The van der Waals surface area contributed by atoms with Crippen molar-refractivity contribution in [2.45, 2.75) is 25.0 Å². The number of nitrogens with one attached hydrogen (secondary N) is 1. The lowest BCUT2D eigenvalue weighted by molar-refractivity contribution is -0.123. The number of ether oxygens (including phenoxy) is 1. The van der Waals surface area contributed by atoms with E-state index in [2.05, 4.69) is 15.2 Å². The van der Waals surface area contributed by atoms with Gasteiger partial charge in [0.05, 0.1) is 12.6 Å². The number of hydrogen-bond donors (Lipinski definition) is 1. The molecular weight excluding hydrogens is 322 g/mol. The first-order valence-corrected chi connectivity index (χ1v) is 9.13. The smallest absolute Gasteiger partial charge is 0.235 e. The SMILES string of the molecule is COC1CCN(CC(=O)N[C@@H](c2ccccc2)c2nccs2)CC1. The van der Waals surface area contributed by atoms with E-state index in [0.29, 0.717) is 12.6 Å². The van der Waals surface area contributed by atoms with E-state index in [0.717, 1.165) is 36.5 Å². The average Bonchev–Trinajstić information content (AvgIpc) is 3.15. The number of carbonyl (C=O) groups is 1. The number of likely N-dealkylation sites (tertiary alicyclic amines) is 1. The van der Waals surface area contributed by atoms with E-state index in [1.807, 2.05) is 35.7 Å². The Kier molecular flexibility index (Phi) is 5.96. The van der Waals surface area contributed by atoms with Gasteiger partial charge in [0.2, 0.25) is 5.91 Å². The van der Waals surface area contributed by atoms with Crippen molar-refractivity contribution in [3.05, 3.63) is 52.5 Å². The Morgan fingerprint density at radius 3 is 2.75 bits per heavy atom. The fraction of sp³-hybridized carbons (Fsp3) is 0.444. The molecule has 1 aromatic carbocycles. The van der Waals surface area contributed by atoms with Gasteiger partial charge in [-0.15, -0.1) is 11.3 Å². The van der Waals surface area contributed by atoms with Crippen LogP contribution in [0, 0.1) is 0 Å². The van der Waals surface area contributed by atoms with Crippen LogP contribution in [0.4, 0.5) is 0 Å². The van der Waals surface area contributed by atoms with Crippen LogP contribution >= 0.6 is 11.3 Å². The summed E-state index contributed by atoms with van der Waals surface area (Å²) < 4.78 is 5.38. The van der Waals surface area contributed by atoms with Gasteiger partial charge >= 0.3 is 0 Å². The third-order valence-corrected chi connectivity index (χ3v) is 5.21. The monoisotopic (exact) mass is 345 g/mol. The van der Waals surface area contributed by atoms with E-state index in [-0.39, 0.29) is 11.9 Å². The van der Waals surface area contributed by atoms with Crippen molar-refractivity contribution in [1.29, 1.82) is 0 Å². The zero-order valence-corrected chi connectivity index (χ0v) is 14.7. The summed E-state index contributed by atoms with van der Waals surface area (Å²) >= 11 is 1.56. The van der Waals surface area contributed by atoms with Gasteiger partial charge in [-0.05, 0) is 18.4 Å². The van der Waals surface area contributed by atoms with Crippen molar-refractivity contribution in [3.63, 3.8) is 0 Å². The molecule has 1 fully saturated rings. The number of thiazole rings is 1. The molecule has 1 aliphatic heterocycles. The zero-order chi connectivity index (χ0) is 16.8. The summed E-state index contributed by atoms with van der Waals surface area (Å²) in [5, 5.41) is 5.99. The van der Waals surface area contributed by atoms with Gasteiger partial charge in [-0.25, -0.2) is 4.98 Å². The summed E-state index contributed by atoms with van der Waals surface area (Å²) in [6.45, 7) is 2.23. The Labute approximate surface area is 146 Å². The first kappa shape index (κ1) is 17.1. The highest BCUT2D eigenvalue weighted by Gasteiger charge is 2.23. The molecule has 0 bridgehead atoms. The van der Waals surface area contributed by atoms with Crippen LogP contribution in [0.5, 0.6) is 0 Å². The molecule has 1 aromatic heterocycles. The first-order chi connectivity index (χ1) is 11.8. The number of benzene rings is 1. The van der Waals surface area contributed by atoms with Gasteiger partial charge in [-0.1, -0.05) is 30.3 Å². The van der Waals surface area contributed by atoms with Gasteiger partial charge in [-0.2, -0.15) is 0 Å². The predicted molar refractivity (Wildman–Crippen MR) is 95.0 cm³/mol. The van der Waals surface area contributed by atoms with Crippen LogP contribution < -0.4 is 5.32 Å². The molecule has 1 saturated heterocycles. The van der Waals surface area contributed by atoms with E-state index < -0.39 is 0 Å². The second-order valence-electron chi connectivity index (χ2n) is 5.99. The number of aromatic nitrogens is 1. The maximum atomic E-state index is 12.5. The highest BCUT2D eigenvalue weighted by molar-refractivity contribution is 7.09. The molecule has 1 N–H and O–H groups in total. The fourth-order valence-electron chi connectivity index (χ4n) is 3.02. The van der Waals surface area contributed by atoms with Gasteiger partial charge in [0, 0.05) is 31.8 Å². The standard InChI is InChI=1S/C18H23N3O2S/c1-23-15-7-10-21(11-8-15)13-16(22)20-17(18-19-9-12-24-18)14-5-3-2-4-6-14/h2-6,9,12,15,17H,7-8,10-11,13H2,1H3,(H,20,22)/t17-/m0/s1. The molecule has 1 amide bonds. The second kappa shape index (κ2) is 8.37. The quantitative estimate of drug-likeness (QED) is 0.874. The molecule has 5 nitrogen and oxygen atoms in total. The molecule has 1 atom stereocenters. The van der Waals surface area contributed by atoms with Gasteiger partial charge < -0.3 is 10.1 Å². The van der Waals surface area contributed by atoms with Crippen molar-refractivity contribution in [2.24, 2.45) is 0 Å². The highest BCUT2D eigenvalue weighted by atomic mass is 32.1. The molecule has 0 spiro atoms. The molecule has 3 rings (SSSR count). The van der Waals surface area contributed by atoms with Crippen LogP contribution in [0.25, 0.3) is 0 Å². The largest absolute Gasteiger partial charge is 0.381 e. The maximum absolute atomic E-state index is 12.5. The van der Waals surface area contributed by atoms with Crippen LogP contribution in [-0.2, 0) is 9.53 Å². The molecule has 1 aliphatic rings. The van der Waals surface area contributed by atoms with E-state index >= 15 is 0 Å². The first-order valence-electron chi connectivity index (χ1n) is 8.25. The molecular formula is C18H23N3O2S. The lowest BCUT2D eigenvalue weighted by atomic mass is 10.1. The lowest BCUT2D eigenvalue weighted by Gasteiger charge is -2.31. The van der Waals surface area contributed by atoms with Crippen LogP contribution in [0.15, 0.2) is 41.9 Å². The van der Waals surface area contributed by atoms with Crippen LogP contribution in [0.3, 0.4) is 0 Å². The lowest BCUT2D eigenvalue weighted by Crippen LogP contribution is -2.43. The molecule has 2 aromatic rings. The van der Waals surface area contributed by atoms with Crippen LogP contribution in [0.1, 0.15) is 29.5 Å². The van der Waals surface area contributed by atoms with Crippen molar-refractivity contribution in [1.82, 2.24) is 15.2 Å². The summed E-state index contributed by atoms with van der Waals surface area (Å²) in [5.74, 6) is 0.0370.